The molecule has 0 fully saturated rings. The quantitative estimate of drug-likeness (QED) is 0.587. The molecule has 2 aromatic carbocycles. The average molecular weight is 237 g/mol. The fourth-order valence-corrected chi connectivity index (χ4v) is 2.28. The Morgan fingerprint density at radius 3 is 2.50 bits per heavy atom. The molecule has 5 heteroatoms. The summed E-state index contributed by atoms with van der Waals surface area (Å²) in [5.74, 6) is 0. The van der Waals surface area contributed by atoms with Gasteiger partial charge in [-0.25, -0.2) is 0 Å². The Bertz CT molecular complexity index is 662. The second-order valence-electron chi connectivity index (χ2n) is 3.70. The van der Waals surface area contributed by atoms with Crippen molar-refractivity contribution in [3.05, 3.63) is 35.9 Å². The van der Waals surface area contributed by atoms with Gasteiger partial charge in [-0.15, -0.1) is 0 Å². The van der Waals surface area contributed by atoms with E-state index in [-0.39, 0.29) is 4.90 Å². The van der Waals surface area contributed by atoms with Crippen LogP contribution in [0.25, 0.3) is 10.8 Å². The van der Waals surface area contributed by atoms with Crippen molar-refractivity contribution in [3.63, 3.8) is 0 Å². The van der Waals surface area contributed by atoms with E-state index in [0.717, 1.165) is 16.3 Å². The minimum Gasteiger partial charge on any atom is -0.399 e. The molecule has 0 amide bonds. The van der Waals surface area contributed by atoms with Crippen LogP contribution >= 0.6 is 0 Å². The smallest absolute Gasteiger partial charge is 0.294 e. The lowest BCUT2D eigenvalue weighted by atomic mass is 10.1. The van der Waals surface area contributed by atoms with Crippen LogP contribution in [0.4, 0.5) is 5.69 Å². The van der Waals surface area contributed by atoms with E-state index in [0.29, 0.717) is 5.69 Å². The molecule has 0 aliphatic carbocycles. The van der Waals surface area contributed by atoms with Gasteiger partial charge in [0.1, 0.15) is 0 Å². The van der Waals surface area contributed by atoms with Crippen LogP contribution in [0.15, 0.2) is 35.2 Å². The first-order chi connectivity index (χ1) is 7.38. The molecule has 2 rings (SSSR count). The van der Waals surface area contributed by atoms with Crippen LogP contribution in [-0.2, 0) is 10.1 Å². The van der Waals surface area contributed by atoms with E-state index < -0.39 is 10.1 Å². The van der Waals surface area contributed by atoms with Crippen LogP contribution in [-0.4, -0.2) is 13.0 Å². The minimum absolute atomic E-state index is 0.0951. The summed E-state index contributed by atoms with van der Waals surface area (Å²) in [6.07, 6.45) is 0. The highest BCUT2D eigenvalue weighted by Gasteiger charge is 2.11. The Morgan fingerprint density at radius 2 is 1.88 bits per heavy atom. The number of nitrogens with two attached hydrogens (primary N) is 1. The van der Waals surface area contributed by atoms with E-state index in [1.807, 2.05) is 0 Å². The third kappa shape index (κ3) is 1.87. The number of benzene rings is 2. The lowest BCUT2D eigenvalue weighted by molar-refractivity contribution is 0.483. The van der Waals surface area contributed by atoms with E-state index in [2.05, 4.69) is 0 Å². The zero-order valence-electron chi connectivity index (χ0n) is 8.64. The highest BCUT2D eigenvalue weighted by Crippen LogP contribution is 2.24. The van der Waals surface area contributed by atoms with E-state index in [1.165, 1.54) is 12.1 Å². The van der Waals surface area contributed by atoms with Crippen LogP contribution < -0.4 is 5.73 Å². The molecule has 0 spiro atoms. The summed E-state index contributed by atoms with van der Waals surface area (Å²) < 4.78 is 31.0. The predicted octanol–water partition coefficient (Wildman–Crippen LogP) is 1.98. The van der Waals surface area contributed by atoms with Gasteiger partial charge >= 0.3 is 0 Å². The number of fused-ring (bicyclic) bond motifs is 1. The topological polar surface area (TPSA) is 80.4 Å². The van der Waals surface area contributed by atoms with Crippen LogP contribution in [0, 0.1) is 6.92 Å². The Balaban J connectivity index is 2.84. The largest absolute Gasteiger partial charge is 0.399 e. The third-order valence-corrected chi connectivity index (χ3v) is 3.29. The highest BCUT2D eigenvalue weighted by atomic mass is 32.2. The molecule has 0 bridgehead atoms. The van der Waals surface area contributed by atoms with Crippen LogP contribution in [0.2, 0.25) is 0 Å². The molecule has 0 saturated carbocycles. The maximum absolute atomic E-state index is 11.0. The predicted molar refractivity (Wildman–Crippen MR) is 62.9 cm³/mol. The van der Waals surface area contributed by atoms with Crippen molar-refractivity contribution >= 4 is 26.6 Å². The number of aryl methyl sites for hydroxylation is 1. The average Bonchev–Trinajstić information content (AvgIpc) is 2.17. The first kappa shape index (κ1) is 10.9. The summed E-state index contributed by atoms with van der Waals surface area (Å²) in [6, 6.07) is 8.05. The van der Waals surface area contributed by atoms with Gasteiger partial charge in [0, 0.05) is 5.69 Å². The summed E-state index contributed by atoms with van der Waals surface area (Å²) in [5, 5.41) is 1.62. The summed E-state index contributed by atoms with van der Waals surface area (Å²) in [6.45, 7) is 1.77. The van der Waals surface area contributed by atoms with Crippen molar-refractivity contribution in [2.45, 2.75) is 11.8 Å². The van der Waals surface area contributed by atoms with Crippen LogP contribution in [0.5, 0.6) is 0 Å². The first-order valence-corrected chi connectivity index (χ1v) is 6.09. The summed E-state index contributed by atoms with van der Waals surface area (Å²) in [7, 11) is -4.16. The van der Waals surface area contributed by atoms with E-state index in [4.69, 9.17) is 10.3 Å². The number of rotatable bonds is 1. The van der Waals surface area contributed by atoms with Gasteiger partial charge in [-0.3, -0.25) is 4.55 Å². The monoisotopic (exact) mass is 237 g/mol. The lowest BCUT2D eigenvalue weighted by Gasteiger charge is -2.06. The van der Waals surface area contributed by atoms with Crippen molar-refractivity contribution in [2.24, 2.45) is 0 Å². The molecule has 0 radical (unpaired) electrons. The summed E-state index contributed by atoms with van der Waals surface area (Å²) >= 11 is 0. The summed E-state index contributed by atoms with van der Waals surface area (Å²) in [5.41, 5.74) is 7.03. The number of hydrogen-bond donors (Lipinski definition) is 2. The van der Waals surface area contributed by atoms with Gasteiger partial charge in [0.2, 0.25) is 0 Å². The Labute approximate surface area is 93.4 Å². The molecule has 3 N–H and O–H groups in total. The minimum atomic E-state index is -4.16. The highest BCUT2D eigenvalue weighted by molar-refractivity contribution is 7.85. The molecule has 84 valence electrons. The Morgan fingerprint density at radius 1 is 1.19 bits per heavy atom. The standard InChI is InChI=1S/C11H11NO3S/c1-7-4-10(16(13,14)15)5-8-2-3-9(12)6-11(7)8/h2-6H,12H2,1H3,(H,13,14,15). The third-order valence-electron chi connectivity index (χ3n) is 2.46. The zero-order valence-corrected chi connectivity index (χ0v) is 9.45. The van der Waals surface area contributed by atoms with Gasteiger partial charge in [-0.2, -0.15) is 8.42 Å². The lowest BCUT2D eigenvalue weighted by Crippen LogP contribution is -1.99. The van der Waals surface area contributed by atoms with E-state index in [9.17, 15) is 8.42 Å². The van der Waals surface area contributed by atoms with Gasteiger partial charge in [0.05, 0.1) is 4.90 Å². The molecule has 0 unspecified atom stereocenters. The first-order valence-electron chi connectivity index (χ1n) is 4.65. The van der Waals surface area contributed by atoms with Crippen molar-refractivity contribution in [3.8, 4) is 0 Å². The second kappa shape index (κ2) is 3.47. The van der Waals surface area contributed by atoms with E-state index >= 15 is 0 Å². The van der Waals surface area contributed by atoms with E-state index in [1.54, 1.807) is 25.1 Å². The number of hydrogen-bond acceptors (Lipinski definition) is 3. The SMILES string of the molecule is Cc1cc(S(=O)(=O)O)cc2ccc(N)cc12. The molecule has 0 aliphatic heterocycles. The van der Waals surface area contributed by atoms with Crippen LogP contribution in [0.1, 0.15) is 5.56 Å². The normalized spacial score (nSPS) is 11.9. The molecule has 0 aromatic heterocycles. The van der Waals surface area contributed by atoms with Gasteiger partial charge < -0.3 is 5.73 Å². The molecular weight excluding hydrogens is 226 g/mol. The Kier molecular flexibility index (Phi) is 2.36. The molecule has 4 nitrogen and oxygen atoms in total. The molecule has 16 heavy (non-hydrogen) atoms. The molecule has 0 heterocycles. The number of anilines is 1. The summed E-state index contributed by atoms with van der Waals surface area (Å²) in [4.78, 5) is -0.0951. The Hall–Kier alpha value is -1.59. The van der Waals surface area contributed by atoms with Crippen LogP contribution in [0.3, 0.4) is 0 Å². The van der Waals surface area contributed by atoms with Crippen molar-refractivity contribution in [2.75, 3.05) is 5.73 Å². The van der Waals surface area contributed by atoms with Gasteiger partial charge in [0.25, 0.3) is 10.1 Å². The maximum Gasteiger partial charge on any atom is 0.294 e. The fourth-order valence-electron chi connectivity index (χ4n) is 1.68. The molecule has 0 aliphatic rings. The maximum atomic E-state index is 11.0. The van der Waals surface area contributed by atoms with Crippen molar-refractivity contribution in [1.29, 1.82) is 0 Å². The van der Waals surface area contributed by atoms with Crippen molar-refractivity contribution in [1.82, 2.24) is 0 Å². The molecule has 0 atom stereocenters. The second-order valence-corrected chi connectivity index (χ2v) is 5.12. The fraction of sp³-hybridized carbons (Fsp3) is 0.0909. The van der Waals surface area contributed by atoms with Gasteiger partial charge in [-0.05, 0) is 47.5 Å². The van der Waals surface area contributed by atoms with Gasteiger partial charge in [-0.1, -0.05) is 6.07 Å². The zero-order chi connectivity index (χ0) is 11.9. The molecule has 0 saturated heterocycles. The van der Waals surface area contributed by atoms with Crippen molar-refractivity contribution < 1.29 is 13.0 Å². The number of nitrogen functional groups attached to an aromatic ring is 1. The molecule has 2 aromatic rings. The van der Waals surface area contributed by atoms with Gasteiger partial charge in [0.15, 0.2) is 0 Å². The molecular formula is C11H11NO3S.